The highest BCUT2D eigenvalue weighted by Gasteiger charge is 2.42. The average molecular weight is 393 g/mol. The quantitative estimate of drug-likeness (QED) is 0.794. The van der Waals surface area contributed by atoms with Crippen LogP contribution >= 0.6 is 0 Å². The Morgan fingerprint density at radius 2 is 1.62 bits per heavy atom. The van der Waals surface area contributed by atoms with Crippen LogP contribution in [-0.2, 0) is 16.0 Å². The van der Waals surface area contributed by atoms with Crippen molar-refractivity contribution in [1.29, 1.82) is 0 Å². The Kier molecular flexibility index (Phi) is 6.73. The summed E-state index contributed by atoms with van der Waals surface area (Å²) in [4.78, 5) is 27.2. The van der Waals surface area contributed by atoms with E-state index in [0.717, 1.165) is 6.42 Å². The Morgan fingerprint density at radius 3 is 2.24 bits per heavy atom. The second-order valence-corrected chi connectivity index (χ2v) is 8.14. The Labute approximate surface area is 174 Å². The van der Waals surface area contributed by atoms with Gasteiger partial charge in [0.05, 0.1) is 5.41 Å². The highest BCUT2D eigenvalue weighted by Crippen LogP contribution is 2.39. The SMILES string of the molecule is CCCC(=O)N1CCC(Cc2ccccc2-c2ccccc2C)(C(=O)NC)CC1. The minimum absolute atomic E-state index is 0.0830. The lowest BCUT2D eigenvalue weighted by molar-refractivity contribution is -0.140. The first kappa shape index (κ1) is 21.1. The highest BCUT2D eigenvalue weighted by molar-refractivity contribution is 5.84. The number of amides is 2. The molecule has 2 aromatic rings. The minimum Gasteiger partial charge on any atom is -0.359 e. The minimum atomic E-state index is -0.476. The Hall–Kier alpha value is -2.62. The van der Waals surface area contributed by atoms with Crippen LogP contribution < -0.4 is 5.32 Å². The number of likely N-dealkylation sites (tertiary alicyclic amines) is 1. The summed E-state index contributed by atoms with van der Waals surface area (Å²) in [7, 11) is 1.71. The van der Waals surface area contributed by atoms with Crippen molar-refractivity contribution in [3.8, 4) is 11.1 Å². The second-order valence-electron chi connectivity index (χ2n) is 8.14. The summed E-state index contributed by atoms with van der Waals surface area (Å²) in [5.41, 5.74) is 4.35. The van der Waals surface area contributed by atoms with Gasteiger partial charge in [0.2, 0.25) is 11.8 Å². The molecule has 0 saturated carbocycles. The van der Waals surface area contributed by atoms with Gasteiger partial charge in [-0.2, -0.15) is 0 Å². The van der Waals surface area contributed by atoms with Crippen molar-refractivity contribution in [2.45, 2.75) is 46.0 Å². The van der Waals surface area contributed by atoms with Gasteiger partial charge in [-0.15, -0.1) is 0 Å². The molecule has 2 aromatic carbocycles. The monoisotopic (exact) mass is 392 g/mol. The molecule has 0 radical (unpaired) electrons. The molecule has 29 heavy (non-hydrogen) atoms. The molecule has 1 heterocycles. The lowest BCUT2D eigenvalue weighted by Gasteiger charge is -2.41. The first-order valence-corrected chi connectivity index (χ1v) is 10.6. The van der Waals surface area contributed by atoms with Crippen molar-refractivity contribution < 1.29 is 9.59 Å². The van der Waals surface area contributed by atoms with Crippen LogP contribution in [0.3, 0.4) is 0 Å². The molecule has 1 aliphatic rings. The largest absolute Gasteiger partial charge is 0.359 e. The smallest absolute Gasteiger partial charge is 0.226 e. The van der Waals surface area contributed by atoms with Crippen molar-refractivity contribution in [3.05, 3.63) is 59.7 Å². The van der Waals surface area contributed by atoms with Crippen LogP contribution in [0.1, 0.15) is 43.7 Å². The van der Waals surface area contributed by atoms with Crippen molar-refractivity contribution in [2.24, 2.45) is 5.41 Å². The molecule has 0 atom stereocenters. The summed E-state index contributed by atoms with van der Waals surface area (Å²) in [6, 6.07) is 16.8. The summed E-state index contributed by atoms with van der Waals surface area (Å²) in [5.74, 6) is 0.290. The number of carbonyl (C=O) groups is 2. The van der Waals surface area contributed by atoms with E-state index in [0.29, 0.717) is 38.8 Å². The zero-order valence-corrected chi connectivity index (χ0v) is 17.8. The van der Waals surface area contributed by atoms with E-state index in [2.05, 4.69) is 60.8 Å². The van der Waals surface area contributed by atoms with E-state index in [1.54, 1.807) is 7.05 Å². The molecular weight excluding hydrogens is 360 g/mol. The molecule has 0 aliphatic carbocycles. The van der Waals surface area contributed by atoms with Gasteiger partial charge in [-0.25, -0.2) is 0 Å². The fourth-order valence-electron chi connectivity index (χ4n) is 4.48. The van der Waals surface area contributed by atoms with Crippen molar-refractivity contribution in [2.75, 3.05) is 20.1 Å². The van der Waals surface area contributed by atoms with E-state index in [9.17, 15) is 9.59 Å². The van der Waals surface area contributed by atoms with Gasteiger partial charge in [-0.1, -0.05) is 55.5 Å². The van der Waals surface area contributed by atoms with Crippen LogP contribution in [0.4, 0.5) is 0 Å². The predicted molar refractivity (Wildman–Crippen MR) is 118 cm³/mol. The molecule has 1 saturated heterocycles. The number of nitrogens with one attached hydrogen (secondary N) is 1. The van der Waals surface area contributed by atoms with Gasteiger partial charge in [-0.3, -0.25) is 9.59 Å². The molecule has 4 nitrogen and oxygen atoms in total. The van der Waals surface area contributed by atoms with Crippen LogP contribution in [0.25, 0.3) is 11.1 Å². The van der Waals surface area contributed by atoms with Crippen molar-refractivity contribution in [3.63, 3.8) is 0 Å². The Balaban J connectivity index is 1.89. The second kappa shape index (κ2) is 9.25. The first-order chi connectivity index (χ1) is 14.0. The van der Waals surface area contributed by atoms with Gasteiger partial charge in [0.1, 0.15) is 0 Å². The van der Waals surface area contributed by atoms with Crippen LogP contribution in [0.5, 0.6) is 0 Å². The number of hydrogen-bond donors (Lipinski definition) is 1. The van der Waals surface area contributed by atoms with E-state index in [4.69, 9.17) is 0 Å². The number of piperidine rings is 1. The fourth-order valence-corrected chi connectivity index (χ4v) is 4.48. The van der Waals surface area contributed by atoms with Crippen molar-refractivity contribution in [1.82, 2.24) is 10.2 Å². The van der Waals surface area contributed by atoms with E-state index >= 15 is 0 Å². The first-order valence-electron chi connectivity index (χ1n) is 10.6. The Morgan fingerprint density at radius 1 is 1.00 bits per heavy atom. The summed E-state index contributed by atoms with van der Waals surface area (Å²) in [6.07, 6.45) is 3.53. The Bertz CT molecular complexity index is 867. The standard InChI is InChI=1S/C25H32N2O2/c1-4-9-23(28)27-16-14-25(15-17-27,24(29)26-3)18-20-11-6-8-13-22(20)21-12-7-5-10-19(21)2/h5-8,10-13H,4,9,14-18H2,1-3H3,(H,26,29). The fraction of sp³-hybridized carbons (Fsp3) is 0.440. The van der Waals surface area contributed by atoms with Gasteiger partial charge in [0.15, 0.2) is 0 Å². The maximum atomic E-state index is 13.0. The number of benzene rings is 2. The average Bonchev–Trinajstić information content (AvgIpc) is 2.74. The van der Waals surface area contributed by atoms with Crippen LogP contribution in [0.15, 0.2) is 48.5 Å². The number of rotatable bonds is 6. The number of carbonyl (C=O) groups excluding carboxylic acids is 2. The highest BCUT2D eigenvalue weighted by atomic mass is 16.2. The van der Waals surface area contributed by atoms with E-state index in [1.165, 1.54) is 22.3 Å². The molecule has 3 rings (SSSR count). The lowest BCUT2D eigenvalue weighted by atomic mass is 9.72. The summed E-state index contributed by atoms with van der Waals surface area (Å²) in [6.45, 7) is 5.45. The molecule has 1 fully saturated rings. The lowest BCUT2D eigenvalue weighted by Crippen LogP contribution is -2.50. The third kappa shape index (κ3) is 4.52. The summed E-state index contributed by atoms with van der Waals surface area (Å²) < 4.78 is 0. The van der Waals surface area contributed by atoms with E-state index in [-0.39, 0.29) is 11.8 Å². The normalized spacial score (nSPS) is 15.8. The summed E-state index contributed by atoms with van der Waals surface area (Å²) >= 11 is 0. The van der Waals surface area contributed by atoms with Gasteiger partial charge >= 0.3 is 0 Å². The molecule has 1 aliphatic heterocycles. The zero-order valence-electron chi connectivity index (χ0n) is 17.8. The molecule has 0 bridgehead atoms. The molecule has 154 valence electrons. The molecule has 0 unspecified atom stereocenters. The van der Waals surface area contributed by atoms with Crippen LogP contribution in [0, 0.1) is 12.3 Å². The third-order valence-corrected chi connectivity index (χ3v) is 6.23. The summed E-state index contributed by atoms with van der Waals surface area (Å²) in [5, 5.41) is 2.89. The molecule has 2 amide bonds. The van der Waals surface area contributed by atoms with Crippen LogP contribution in [0.2, 0.25) is 0 Å². The molecule has 0 spiro atoms. The van der Waals surface area contributed by atoms with Gasteiger partial charge < -0.3 is 10.2 Å². The van der Waals surface area contributed by atoms with Gasteiger partial charge in [-0.05, 0) is 54.9 Å². The maximum Gasteiger partial charge on any atom is 0.226 e. The van der Waals surface area contributed by atoms with Gasteiger partial charge in [0, 0.05) is 26.6 Å². The molecule has 4 heteroatoms. The molecule has 1 N–H and O–H groups in total. The van der Waals surface area contributed by atoms with E-state index < -0.39 is 5.41 Å². The number of hydrogen-bond acceptors (Lipinski definition) is 2. The molecular formula is C25H32N2O2. The molecule has 0 aromatic heterocycles. The van der Waals surface area contributed by atoms with E-state index in [1.807, 2.05) is 11.8 Å². The number of aryl methyl sites for hydroxylation is 1. The third-order valence-electron chi connectivity index (χ3n) is 6.23. The topological polar surface area (TPSA) is 49.4 Å². The predicted octanol–water partition coefficient (Wildman–Crippen LogP) is 4.36. The number of nitrogens with zero attached hydrogens (tertiary/aromatic N) is 1. The van der Waals surface area contributed by atoms with Crippen molar-refractivity contribution >= 4 is 11.8 Å². The van der Waals surface area contributed by atoms with Gasteiger partial charge in [0.25, 0.3) is 0 Å². The zero-order chi connectivity index (χ0) is 20.9. The maximum absolute atomic E-state index is 13.0. The van der Waals surface area contributed by atoms with Crippen LogP contribution in [-0.4, -0.2) is 36.9 Å².